The summed E-state index contributed by atoms with van der Waals surface area (Å²) in [5.74, 6) is -19.1. The van der Waals surface area contributed by atoms with E-state index in [4.69, 9.17) is 0 Å². The molecule has 0 aliphatic heterocycles. The molecular weight excluding hydrogens is 392 g/mol. The lowest BCUT2D eigenvalue weighted by molar-refractivity contribution is -0.226. The van der Waals surface area contributed by atoms with Gasteiger partial charge in [-0.3, -0.25) is 0 Å². The Morgan fingerprint density at radius 3 is 1.04 bits per heavy atom. The maximum absolute atomic E-state index is 14.9. The van der Waals surface area contributed by atoms with E-state index in [1.165, 1.54) is 12.1 Å². The van der Waals surface area contributed by atoms with Gasteiger partial charge in [-0.2, -0.15) is 35.1 Å². The number of benzene rings is 3. The first-order valence-electron chi connectivity index (χ1n) is 8.07. The van der Waals surface area contributed by atoms with Crippen LogP contribution in [0.25, 0.3) is 10.8 Å². The summed E-state index contributed by atoms with van der Waals surface area (Å²) in [5, 5.41) is -1.29. The van der Waals surface area contributed by atoms with Crippen LogP contribution in [0.5, 0.6) is 0 Å². The van der Waals surface area contributed by atoms with E-state index < -0.39 is 56.7 Å². The van der Waals surface area contributed by atoms with Crippen LogP contribution in [0.4, 0.5) is 35.1 Å². The average Bonchev–Trinajstić information content (AvgIpc) is 2.66. The van der Waals surface area contributed by atoms with E-state index in [-0.39, 0.29) is 0 Å². The Kier molecular flexibility index (Phi) is 3.65. The van der Waals surface area contributed by atoms with Crippen molar-refractivity contribution in [2.24, 2.45) is 0 Å². The van der Waals surface area contributed by atoms with Gasteiger partial charge in [0, 0.05) is 22.3 Å². The Morgan fingerprint density at radius 1 is 0.393 bits per heavy atom. The van der Waals surface area contributed by atoms with Crippen LogP contribution in [0.15, 0.2) is 60.7 Å². The molecule has 8 heteroatoms. The standard InChI is InChI=1S/C20H10F8/c21-17(22)11-5-7-12(8-6-11)18(23,24)20(27,28)16-10-9-15(19(17,25)26)13-3-1-2-4-14(13)16/h1-10H. The zero-order valence-corrected chi connectivity index (χ0v) is 13.8. The summed E-state index contributed by atoms with van der Waals surface area (Å²) < 4.78 is 118. The number of hydrogen-bond acceptors (Lipinski definition) is 0. The van der Waals surface area contributed by atoms with Gasteiger partial charge in [0.1, 0.15) is 0 Å². The second-order valence-corrected chi connectivity index (χ2v) is 6.58. The highest BCUT2D eigenvalue weighted by atomic mass is 19.3. The van der Waals surface area contributed by atoms with Gasteiger partial charge < -0.3 is 0 Å². The van der Waals surface area contributed by atoms with Crippen molar-refractivity contribution in [3.05, 3.63) is 82.9 Å². The molecule has 0 spiro atoms. The summed E-state index contributed by atoms with van der Waals surface area (Å²) in [6.07, 6.45) is 0. The summed E-state index contributed by atoms with van der Waals surface area (Å²) in [5.41, 5.74) is -4.95. The first kappa shape index (κ1) is 18.7. The highest BCUT2D eigenvalue weighted by Gasteiger charge is 2.62. The Labute approximate surface area is 153 Å². The lowest BCUT2D eigenvalue weighted by Gasteiger charge is -2.32. The fraction of sp³-hybridized carbons (Fsp3) is 0.200. The molecule has 4 aliphatic rings. The molecule has 0 saturated carbocycles. The van der Waals surface area contributed by atoms with Crippen LogP contribution in [-0.4, -0.2) is 0 Å². The molecule has 0 unspecified atom stereocenters. The second kappa shape index (κ2) is 5.46. The first-order valence-corrected chi connectivity index (χ1v) is 8.07. The van der Waals surface area contributed by atoms with E-state index >= 15 is 0 Å². The predicted molar refractivity (Wildman–Crippen MR) is 86.0 cm³/mol. The minimum atomic E-state index is -4.77. The van der Waals surface area contributed by atoms with Crippen molar-refractivity contribution in [3.8, 4) is 0 Å². The SMILES string of the molecule is FC1(F)c2ccc(cc2)C(F)(F)C(F)(F)c2ccc(c3ccccc23)C1(F)F. The molecule has 7 rings (SSSR count). The van der Waals surface area contributed by atoms with E-state index in [9.17, 15) is 35.1 Å². The third-order valence-corrected chi connectivity index (χ3v) is 5.00. The summed E-state index contributed by atoms with van der Waals surface area (Å²) in [6.45, 7) is 0. The van der Waals surface area contributed by atoms with Gasteiger partial charge in [0.15, 0.2) is 0 Å². The van der Waals surface area contributed by atoms with Gasteiger partial charge >= 0.3 is 23.7 Å². The minimum Gasteiger partial charge on any atom is -0.194 e. The van der Waals surface area contributed by atoms with Gasteiger partial charge in [-0.05, 0) is 10.8 Å². The topological polar surface area (TPSA) is 0 Å². The van der Waals surface area contributed by atoms with Crippen LogP contribution in [0, 0.1) is 0 Å². The highest BCUT2D eigenvalue weighted by molar-refractivity contribution is 5.90. The van der Waals surface area contributed by atoms with Crippen LogP contribution in [-0.2, 0) is 23.7 Å². The van der Waals surface area contributed by atoms with Crippen molar-refractivity contribution >= 4 is 10.8 Å². The van der Waals surface area contributed by atoms with Gasteiger partial charge in [-0.25, -0.2) is 0 Å². The molecule has 0 atom stereocenters. The summed E-state index contributed by atoms with van der Waals surface area (Å²) in [4.78, 5) is 0. The van der Waals surface area contributed by atoms with Gasteiger partial charge in [-0.15, -0.1) is 0 Å². The first-order chi connectivity index (χ1) is 12.9. The smallest absolute Gasteiger partial charge is 0.194 e. The van der Waals surface area contributed by atoms with Crippen molar-refractivity contribution < 1.29 is 35.1 Å². The zero-order chi connectivity index (χ0) is 20.5. The van der Waals surface area contributed by atoms with E-state index in [1.54, 1.807) is 0 Å². The molecule has 0 nitrogen and oxygen atoms in total. The zero-order valence-electron chi connectivity index (χ0n) is 13.8. The van der Waals surface area contributed by atoms with Gasteiger partial charge in [0.25, 0.3) is 0 Å². The van der Waals surface area contributed by atoms with Crippen LogP contribution < -0.4 is 0 Å². The third-order valence-electron chi connectivity index (χ3n) is 5.00. The minimum absolute atomic E-state index is 0.323. The maximum atomic E-state index is 14.9. The van der Waals surface area contributed by atoms with Crippen molar-refractivity contribution in [1.29, 1.82) is 0 Å². The predicted octanol–water partition coefficient (Wildman–Crippen LogP) is 6.92. The number of alkyl halides is 8. The Bertz CT molecular complexity index is 982. The molecule has 4 aliphatic carbocycles. The quantitative estimate of drug-likeness (QED) is 0.358. The average molecular weight is 402 g/mol. The van der Waals surface area contributed by atoms with E-state index in [0.29, 0.717) is 36.4 Å². The molecule has 0 heterocycles. The van der Waals surface area contributed by atoms with E-state index in [2.05, 4.69) is 0 Å². The normalized spacial score (nSPS) is 21.3. The molecule has 3 aromatic rings. The Morgan fingerprint density at radius 2 is 0.714 bits per heavy atom. The van der Waals surface area contributed by atoms with Crippen molar-refractivity contribution in [2.45, 2.75) is 23.7 Å². The summed E-state index contributed by atoms with van der Waals surface area (Å²) in [7, 11) is 0. The fourth-order valence-corrected chi connectivity index (χ4v) is 3.44. The number of halogens is 8. The van der Waals surface area contributed by atoms with Gasteiger partial charge in [0.2, 0.25) is 0 Å². The molecule has 28 heavy (non-hydrogen) atoms. The molecule has 146 valence electrons. The van der Waals surface area contributed by atoms with E-state index in [0.717, 1.165) is 12.1 Å². The molecule has 0 saturated heterocycles. The van der Waals surface area contributed by atoms with Gasteiger partial charge in [-0.1, -0.05) is 60.7 Å². The number of hydrogen-bond donors (Lipinski definition) is 0. The fourth-order valence-electron chi connectivity index (χ4n) is 3.44. The molecular formula is C20H10F8. The lowest BCUT2D eigenvalue weighted by Crippen LogP contribution is -2.39. The van der Waals surface area contributed by atoms with Crippen LogP contribution in [0.3, 0.4) is 0 Å². The van der Waals surface area contributed by atoms with Crippen molar-refractivity contribution in [2.75, 3.05) is 0 Å². The van der Waals surface area contributed by atoms with E-state index in [1.807, 2.05) is 0 Å². The maximum Gasteiger partial charge on any atom is 0.340 e. The molecule has 0 aromatic heterocycles. The van der Waals surface area contributed by atoms with Gasteiger partial charge in [0.05, 0.1) is 0 Å². The summed E-state index contributed by atoms with van der Waals surface area (Å²) in [6, 6.07) is 6.24. The molecule has 4 bridgehead atoms. The molecule has 3 aromatic carbocycles. The number of rotatable bonds is 0. The molecule has 0 fully saturated rings. The monoisotopic (exact) mass is 402 g/mol. The summed E-state index contributed by atoms with van der Waals surface area (Å²) >= 11 is 0. The van der Waals surface area contributed by atoms with Crippen molar-refractivity contribution in [3.63, 3.8) is 0 Å². The highest BCUT2D eigenvalue weighted by Crippen LogP contribution is 2.56. The molecule has 0 amide bonds. The van der Waals surface area contributed by atoms with Crippen molar-refractivity contribution in [1.82, 2.24) is 0 Å². The van der Waals surface area contributed by atoms with Crippen LogP contribution in [0.1, 0.15) is 22.3 Å². The molecule has 0 N–H and O–H groups in total. The second-order valence-electron chi connectivity index (χ2n) is 6.58. The third kappa shape index (κ3) is 2.17. The van der Waals surface area contributed by atoms with Crippen LogP contribution in [0.2, 0.25) is 0 Å². The largest absolute Gasteiger partial charge is 0.340 e. The lowest BCUT2D eigenvalue weighted by atomic mass is 9.85. The Balaban J connectivity index is 2.20. The Hall–Kier alpha value is -2.64. The van der Waals surface area contributed by atoms with Crippen LogP contribution >= 0.6 is 0 Å². The molecule has 0 radical (unpaired) electrons.